The lowest BCUT2D eigenvalue weighted by Gasteiger charge is -2.50. The van der Waals surface area contributed by atoms with Crippen molar-refractivity contribution in [3.63, 3.8) is 0 Å². The van der Waals surface area contributed by atoms with Gasteiger partial charge in [-0.15, -0.1) is 22.9 Å². The lowest BCUT2D eigenvalue weighted by molar-refractivity contribution is -0.179. The van der Waals surface area contributed by atoms with Crippen LogP contribution in [0.3, 0.4) is 0 Å². The minimum atomic E-state index is -1.76. The molecule has 1 N–H and O–H groups in total. The fourth-order valence-corrected chi connectivity index (χ4v) is 7.40. The number of esters is 2. The third-order valence-corrected chi connectivity index (χ3v) is 10.2. The molecule has 0 aliphatic carbocycles. The van der Waals surface area contributed by atoms with Gasteiger partial charge in [-0.05, 0) is 77.3 Å². The first kappa shape index (κ1) is 36.2. The van der Waals surface area contributed by atoms with Crippen molar-refractivity contribution in [1.82, 2.24) is 15.2 Å². The Labute approximate surface area is 284 Å². The molecule has 1 saturated heterocycles. The van der Waals surface area contributed by atoms with Gasteiger partial charge in [-0.2, -0.15) is 0 Å². The molecule has 0 saturated carbocycles. The van der Waals surface area contributed by atoms with E-state index in [4.69, 9.17) is 30.6 Å². The number of ether oxygens (including phenoxy) is 3. The van der Waals surface area contributed by atoms with Gasteiger partial charge in [0.15, 0.2) is 11.8 Å². The van der Waals surface area contributed by atoms with E-state index in [0.717, 1.165) is 4.90 Å². The SMILES string of the molecule is COc1ccc(COC(=O)C2=C(CCl)[C@H](C)[S@+]([O-])[C@@H]3[C@H](NC(=O)/C(=N\OC(C)(C)C(=O)OC(C)(C)C)c4csc(C)n4)C(=O)N23)cc1. The van der Waals surface area contributed by atoms with Crippen molar-refractivity contribution in [2.24, 2.45) is 5.16 Å². The molecule has 1 fully saturated rings. The highest BCUT2D eigenvalue weighted by Crippen LogP contribution is 2.41. The standard InChI is InChI=1S/C31H37ClN4O9S2/c1-16-20(13-32)24(28(39)43-14-18-9-11-19(42-8)12-10-18)36-26(38)23(27(36)47(16)41)34-25(37)22(21-15-46-17(2)33-21)35-45-31(6,7)29(40)44-30(3,4)5/h9-12,15-16,23,27H,13-14H2,1-8H3,(H,34,37)/b35-22-/t16-,23+,27+,47-/m0/s1. The van der Waals surface area contributed by atoms with Crippen molar-refractivity contribution in [3.05, 3.63) is 57.2 Å². The van der Waals surface area contributed by atoms with E-state index in [-0.39, 0.29) is 35.2 Å². The van der Waals surface area contributed by atoms with Gasteiger partial charge in [0.25, 0.3) is 11.8 Å². The lowest BCUT2D eigenvalue weighted by atomic mass is 10.0. The summed E-state index contributed by atoms with van der Waals surface area (Å²) in [5.74, 6) is -2.62. The van der Waals surface area contributed by atoms with Crippen LogP contribution in [0.5, 0.6) is 5.75 Å². The minimum absolute atomic E-state index is 0.0985. The summed E-state index contributed by atoms with van der Waals surface area (Å²) in [5, 5.41) is 6.94. The Morgan fingerprint density at radius 1 is 1.17 bits per heavy atom. The molecule has 0 spiro atoms. The highest BCUT2D eigenvalue weighted by molar-refractivity contribution is 7.93. The number of thiazole rings is 1. The van der Waals surface area contributed by atoms with Crippen LogP contribution in [0.15, 0.2) is 46.1 Å². The lowest BCUT2D eigenvalue weighted by Crippen LogP contribution is -2.76. The zero-order valence-electron chi connectivity index (χ0n) is 27.2. The van der Waals surface area contributed by atoms with E-state index in [0.29, 0.717) is 16.3 Å². The Kier molecular flexibility index (Phi) is 10.9. The van der Waals surface area contributed by atoms with Gasteiger partial charge in [0, 0.05) is 11.0 Å². The summed E-state index contributed by atoms with van der Waals surface area (Å²) in [6, 6.07) is 5.61. The van der Waals surface area contributed by atoms with Crippen molar-refractivity contribution in [2.45, 2.75) is 82.9 Å². The van der Waals surface area contributed by atoms with E-state index < -0.39 is 62.8 Å². The van der Waals surface area contributed by atoms with Gasteiger partial charge < -0.3 is 28.9 Å². The second-order valence-corrected chi connectivity index (χ2v) is 15.4. The molecule has 47 heavy (non-hydrogen) atoms. The van der Waals surface area contributed by atoms with Gasteiger partial charge in [-0.3, -0.25) is 14.5 Å². The van der Waals surface area contributed by atoms with Crippen molar-refractivity contribution < 1.29 is 42.8 Å². The Morgan fingerprint density at radius 3 is 2.38 bits per heavy atom. The summed E-state index contributed by atoms with van der Waals surface area (Å²) in [6.07, 6.45) is 0. The van der Waals surface area contributed by atoms with Crippen molar-refractivity contribution in [3.8, 4) is 5.75 Å². The Morgan fingerprint density at radius 2 is 1.83 bits per heavy atom. The second kappa shape index (κ2) is 14.2. The van der Waals surface area contributed by atoms with Crippen LogP contribution < -0.4 is 10.1 Å². The van der Waals surface area contributed by atoms with Crippen LogP contribution in [0, 0.1) is 6.92 Å². The number of alkyl halides is 1. The van der Waals surface area contributed by atoms with Crippen LogP contribution in [-0.2, 0) is 51.3 Å². The van der Waals surface area contributed by atoms with Crippen molar-refractivity contribution in [1.29, 1.82) is 0 Å². The number of amides is 2. The number of nitrogens with one attached hydrogen (secondary N) is 1. The van der Waals surface area contributed by atoms with Crippen LogP contribution in [0.1, 0.15) is 57.8 Å². The number of carbonyl (C=O) groups excluding carboxylic acids is 4. The number of fused-ring (bicyclic) bond motifs is 1. The molecule has 3 heterocycles. The van der Waals surface area contributed by atoms with E-state index >= 15 is 0 Å². The molecule has 0 bridgehead atoms. The van der Waals surface area contributed by atoms with Crippen LogP contribution >= 0.6 is 22.9 Å². The number of carbonyl (C=O) groups is 4. The number of aryl methyl sites for hydroxylation is 1. The van der Waals surface area contributed by atoms with E-state index in [1.807, 2.05) is 0 Å². The molecule has 1 aromatic carbocycles. The van der Waals surface area contributed by atoms with E-state index in [9.17, 15) is 23.7 Å². The van der Waals surface area contributed by atoms with Gasteiger partial charge >= 0.3 is 11.9 Å². The summed E-state index contributed by atoms with van der Waals surface area (Å²) >= 11 is 5.68. The minimum Gasteiger partial charge on any atom is -0.614 e. The topological polar surface area (TPSA) is 169 Å². The molecule has 0 unspecified atom stereocenters. The summed E-state index contributed by atoms with van der Waals surface area (Å²) in [6.45, 7) is 11.2. The Hall–Kier alpha value is -3.66. The second-order valence-electron chi connectivity index (χ2n) is 12.2. The number of oxime groups is 1. The average molecular weight is 709 g/mol. The maximum Gasteiger partial charge on any atom is 0.355 e. The number of hydrogen-bond acceptors (Lipinski definition) is 12. The third-order valence-electron chi connectivity index (χ3n) is 7.15. The number of rotatable bonds is 11. The highest BCUT2D eigenvalue weighted by Gasteiger charge is 2.63. The van der Waals surface area contributed by atoms with E-state index in [1.165, 1.54) is 32.3 Å². The summed E-state index contributed by atoms with van der Waals surface area (Å²) in [4.78, 5) is 64.2. The van der Waals surface area contributed by atoms with Crippen molar-refractivity contribution >= 4 is 63.6 Å². The van der Waals surface area contributed by atoms with Crippen LogP contribution in [-0.4, -0.2) is 84.8 Å². The molecule has 1 aromatic heterocycles. The van der Waals surface area contributed by atoms with Crippen LogP contribution in [0.4, 0.5) is 0 Å². The van der Waals surface area contributed by atoms with E-state index in [1.54, 1.807) is 64.3 Å². The quantitative estimate of drug-likeness (QED) is 0.0913. The molecule has 16 heteroatoms. The first-order chi connectivity index (χ1) is 22.0. The van der Waals surface area contributed by atoms with Crippen molar-refractivity contribution in [2.75, 3.05) is 13.0 Å². The molecule has 2 amide bonds. The average Bonchev–Trinajstić information content (AvgIpc) is 3.44. The first-order valence-electron chi connectivity index (χ1n) is 14.5. The molecular weight excluding hydrogens is 672 g/mol. The molecule has 2 aliphatic rings. The number of benzene rings is 1. The largest absolute Gasteiger partial charge is 0.614 e. The molecule has 0 radical (unpaired) electrons. The molecule has 4 atom stereocenters. The molecule has 4 rings (SSSR count). The fraction of sp³-hybridized carbons (Fsp3) is 0.484. The number of nitrogens with zero attached hydrogens (tertiary/aromatic N) is 3. The normalized spacial score (nSPS) is 21.4. The van der Waals surface area contributed by atoms with Gasteiger partial charge in [0.1, 0.15) is 34.6 Å². The number of β-lactam (4-membered cyclic amide) rings is 1. The Balaban J connectivity index is 1.56. The number of aromatic nitrogens is 1. The molecule has 254 valence electrons. The molecule has 2 aromatic rings. The highest BCUT2D eigenvalue weighted by atomic mass is 35.5. The maximum absolute atomic E-state index is 13.6. The third kappa shape index (κ3) is 7.91. The van der Waals surface area contributed by atoms with E-state index in [2.05, 4.69) is 15.5 Å². The molecule has 2 aliphatic heterocycles. The number of halogens is 1. The predicted molar refractivity (Wildman–Crippen MR) is 175 cm³/mol. The maximum atomic E-state index is 13.6. The summed E-state index contributed by atoms with van der Waals surface area (Å²) in [5.41, 5.74) is -1.70. The zero-order valence-corrected chi connectivity index (χ0v) is 29.6. The first-order valence-corrected chi connectivity index (χ1v) is 17.2. The monoisotopic (exact) mass is 708 g/mol. The smallest absolute Gasteiger partial charge is 0.355 e. The fourth-order valence-electron chi connectivity index (χ4n) is 4.59. The van der Waals surface area contributed by atoms with Gasteiger partial charge in [0.05, 0.1) is 18.0 Å². The number of hydrogen-bond donors (Lipinski definition) is 1. The van der Waals surface area contributed by atoms with Gasteiger partial charge in [-0.1, -0.05) is 17.3 Å². The summed E-state index contributed by atoms with van der Waals surface area (Å²) < 4.78 is 29.7. The number of methoxy groups -OCH3 is 1. The predicted octanol–water partition coefficient (Wildman–Crippen LogP) is 3.34. The van der Waals surface area contributed by atoms with Crippen LogP contribution in [0.2, 0.25) is 0 Å². The van der Waals surface area contributed by atoms with Gasteiger partial charge in [-0.25, -0.2) is 14.6 Å². The van der Waals surface area contributed by atoms with Crippen LogP contribution in [0.25, 0.3) is 0 Å². The van der Waals surface area contributed by atoms with Gasteiger partial charge in [0.2, 0.25) is 11.0 Å². The molecular formula is C31H37ClN4O9S2. The Bertz CT molecular complexity index is 1600. The summed E-state index contributed by atoms with van der Waals surface area (Å²) in [7, 11) is 1.54. The zero-order chi connectivity index (χ0) is 34.8. The molecule has 13 nitrogen and oxygen atoms in total.